The topological polar surface area (TPSA) is 66.8 Å². The van der Waals surface area contributed by atoms with Crippen LogP contribution in [0.4, 0.5) is 18.0 Å². The Morgan fingerprint density at radius 1 is 1.00 bits per heavy atom. The SMILES string of the molecule is CC(C)(C)OC(=O)N1CC(O)(c2ccc(C(=O)C=C(c3cc(Cl)cc(Cl)c3)C(F)(F)F)cc2)C1. The molecule has 0 radical (unpaired) electrons. The molecule has 0 aliphatic carbocycles. The van der Waals surface area contributed by atoms with Crippen LogP contribution in [0.2, 0.25) is 10.0 Å². The Balaban J connectivity index is 1.78. The minimum absolute atomic E-state index is 0.00335. The third-order valence-electron chi connectivity index (χ3n) is 5.02. The standard InChI is InChI=1S/C24H22Cl2F3NO4/c1-22(2,3)34-21(32)30-12-23(33,13-30)16-6-4-14(5-7-16)20(31)11-19(24(27,28)29)15-8-17(25)10-18(26)9-15/h4-11,33H,12-13H2,1-3H3. The molecule has 0 atom stereocenters. The number of ether oxygens (including phenoxy) is 1. The van der Waals surface area contributed by atoms with Gasteiger partial charge in [-0.2, -0.15) is 13.2 Å². The molecule has 1 amide bonds. The molecular weight excluding hydrogens is 494 g/mol. The fourth-order valence-electron chi connectivity index (χ4n) is 3.42. The molecule has 1 aliphatic rings. The minimum Gasteiger partial charge on any atom is -0.444 e. The summed E-state index contributed by atoms with van der Waals surface area (Å²) < 4.78 is 46.2. The maximum Gasteiger partial charge on any atom is 0.417 e. The number of aliphatic hydroxyl groups is 1. The molecule has 5 nitrogen and oxygen atoms in total. The van der Waals surface area contributed by atoms with Gasteiger partial charge >= 0.3 is 12.3 Å². The van der Waals surface area contributed by atoms with Gasteiger partial charge in [0.15, 0.2) is 5.78 Å². The number of likely N-dealkylation sites (tertiary alicyclic amines) is 1. The maximum atomic E-state index is 13.6. The van der Waals surface area contributed by atoms with Gasteiger partial charge in [-0.15, -0.1) is 0 Å². The molecule has 0 aromatic heterocycles. The van der Waals surface area contributed by atoms with Crippen LogP contribution < -0.4 is 0 Å². The average Bonchev–Trinajstić information content (AvgIpc) is 2.66. The first-order valence-corrected chi connectivity index (χ1v) is 10.9. The molecule has 182 valence electrons. The predicted molar refractivity (Wildman–Crippen MR) is 123 cm³/mol. The Morgan fingerprint density at radius 2 is 1.53 bits per heavy atom. The van der Waals surface area contributed by atoms with E-state index in [-0.39, 0.29) is 34.3 Å². The van der Waals surface area contributed by atoms with E-state index in [2.05, 4.69) is 0 Å². The van der Waals surface area contributed by atoms with Crippen LogP contribution in [0.5, 0.6) is 0 Å². The lowest BCUT2D eigenvalue weighted by Gasteiger charge is -2.46. The van der Waals surface area contributed by atoms with Crippen LogP contribution >= 0.6 is 23.2 Å². The lowest BCUT2D eigenvalue weighted by Crippen LogP contribution is -2.61. The van der Waals surface area contributed by atoms with Gasteiger partial charge in [0.1, 0.15) is 11.2 Å². The summed E-state index contributed by atoms with van der Waals surface area (Å²) in [6, 6.07) is 8.96. The summed E-state index contributed by atoms with van der Waals surface area (Å²) in [4.78, 5) is 26.0. The van der Waals surface area contributed by atoms with Crippen molar-refractivity contribution in [3.8, 4) is 0 Å². The monoisotopic (exact) mass is 515 g/mol. The lowest BCUT2D eigenvalue weighted by atomic mass is 9.86. The number of alkyl halides is 3. The second-order valence-corrected chi connectivity index (χ2v) is 9.90. The molecule has 1 N–H and O–H groups in total. The van der Waals surface area contributed by atoms with Gasteiger partial charge in [-0.25, -0.2) is 4.79 Å². The van der Waals surface area contributed by atoms with Crippen LogP contribution in [0.25, 0.3) is 5.57 Å². The molecule has 2 aromatic carbocycles. The number of halogens is 5. The molecule has 1 fully saturated rings. The number of hydrogen-bond donors (Lipinski definition) is 1. The van der Waals surface area contributed by atoms with Crippen LogP contribution in [-0.2, 0) is 10.3 Å². The van der Waals surface area contributed by atoms with Crippen LogP contribution in [0.1, 0.15) is 42.3 Å². The van der Waals surface area contributed by atoms with Crippen LogP contribution in [0.15, 0.2) is 48.5 Å². The Bertz CT molecular complexity index is 1110. The molecular formula is C24H22Cl2F3NO4. The van der Waals surface area contributed by atoms with Gasteiger partial charge in [-0.05, 0) is 56.2 Å². The zero-order chi connectivity index (χ0) is 25.5. The molecule has 1 heterocycles. The van der Waals surface area contributed by atoms with Gasteiger partial charge in [-0.1, -0.05) is 47.5 Å². The van der Waals surface area contributed by atoms with Gasteiger partial charge < -0.3 is 14.7 Å². The van der Waals surface area contributed by atoms with Crippen molar-refractivity contribution in [1.29, 1.82) is 0 Å². The molecule has 0 saturated carbocycles. The fourth-order valence-corrected chi connectivity index (χ4v) is 3.95. The molecule has 0 bridgehead atoms. The summed E-state index contributed by atoms with van der Waals surface area (Å²) in [6.45, 7) is 5.16. The van der Waals surface area contributed by atoms with Crippen molar-refractivity contribution in [3.63, 3.8) is 0 Å². The van der Waals surface area contributed by atoms with Crippen molar-refractivity contribution in [1.82, 2.24) is 4.90 Å². The molecule has 10 heteroatoms. The van der Waals surface area contributed by atoms with E-state index in [1.54, 1.807) is 20.8 Å². The highest BCUT2D eigenvalue weighted by molar-refractivity contribution is 6.35. The first-order valence-electron chi connectivity index (χ1n) is 10.2. The Hall–Kier alpha value is -2.55. The predicted octanol–water partition coefficient (Wildman–Crippen LogP) is 6.26. The van der Waals surface area contributed by atoms with E-state index in [0.717, 1.165) is 12.1 Å². The number of rotatable bonds is 4. The zero-order valence-electron chi connectivity index (χ0n) is 18.5. The van der Waals surface area contributed by atoms with Crippen LogP contribution in [0, 0.1) is 0 Å². The average molecular weight is 516 g/mol. The highest BCUT2D eigenvalue weighted by atomic mass is 35.5. The van der Waals surface area contributed by atoms with E-state index < -0.39 is 34.8 Å². The maximum absolute atomic E-state index is 13.6. The van der Waals surface area contributed by atoms with E-state index in [0.29, 0.717) is 11.6 Å². The van der Waals surface area contributed by atoms with Crippen molar-refractivity contribution in [2.45, 2.75) is 38.1 Å². The third-order valence-corrected chi connectivity index (χ3v) is 5.45. The molecule has 0 spiro atoms. The van der Waals surface area contributed by atoms with Gasteiger partial charge in [0.2, 0.25) is 0 Å². The Morgan fingerprint density at radius 3 is 2.00 bits per heavy atom. The van der Waals surface area contributed by atoms with E-state index in [4.69, 9.17) is 27.9 Å². The number of carbonyl (C=O) groups is 2. The van der Waals surface area contributed by atoms with Crippen molar-refractivity contribution < 1.29 is 32.6 Å². The van der Waals surface area contributed by atoms with Crippen molar-refractivity contribution in [2.75, 3.05) is 13.1 Å². The zero-order valence-corrected chi connectivity index (χ0v) is 20.1. The van der Waals surface area contributed by atoms with Crippen molar-refractivity contribution in [3.05, 3.63) is 75.3 Å². The number of amides is 1. The largest absolute Gasteiger partial charge is 0.444 e. The van der Waals surface area contributed by atoms with Gasteiger partial charge in [0.25, 0.3) is 0 Å². The van der Waals surface area contributed by atoms with Crippen LogP contribution in [0.3, 0.4) is 0 Å². The summed E-state index contributed by atoms with van der Waals surface area (Å²) in [7, 11) is 0. The quantitative estimate of drug-likeness (QED) is 0.385. The molecule has 1 aliphatic heterocycles. The van der Waals surface area contributed by atoms with E-state index in [1.807, 2.05) is 0 Å². The van der Waals surface area contributed by atoms with Crippen LogP contribution in [-0.4, -0.2) is 46.7 Å². The summed E-state index contributed by atoms with van der Waals surface area (Å²) in [5.74, 6) is -0.883. The van der Waals surface area contributed by atoms with Crippen molar-refractivity contribution >= 4 is 40.7 Å². The number of carbonyl (C=O) groups excluding carboxylic acids is 2. The number of benzene rings is 2. The second kappa shape index (κ2) is 9.24. The van der Waals surface area contributed by atoms with Gasteiger partial charge in [0, 0.05) is 15.6 Å². The second-order valence-electron chi connectivity index (χ2n) is 9.02. The Labute approximate surface area is 204 Å². The molecule has 1 saturated heterocycles. The molecule has 34 heavy (non-hydrogen) atoms. The minimum atomic E-state index is -4.82. The number of allylic oxidation sites excluding steroid dienone is 2. The van der Waals surface area contributed by atoms with E-state index in [1.165, 1.54) is 35.2 Å². The highest BCUT2D eigenvalue weighted by Gasteiger charge is 2.46. The van der Waals surface area contributed by atoms with E-state index in [9.17, 15) is 27.9 Å². The fraction of sp³-hybridized carbons (Fsp3) is 0.333. The molecule has 3 rings (SSSR count). The third kappa shape index (κ3) is 6.11. The smallest absolute Gasteiger partial charge is 0.417 e. The summed E-state index contributed by atoms with van der Waals surface area (Å²) in [5.41, 5.74) is -3.12. The number of ketones is 1. The number of nitrogens with zero attached hydrogens (tertiary/aromatic N) is 1. The lowest BCUT2D eigenvalue weighted by molar-refractivity contribution is -0.103. The van der Waals surface area contributed by atoms with Gasteiger partial charge in [0.05, 0.1) is 18.7 Å². The molecule has 0 unspecified atom stereocenters. The van der Waals surface area contributed by atoms with E-state index >= 15 is 0 Å². The highest BCUT2D eigenvalue weighted by Crippen LogP contribution is 2.37. The normalized spacial score (nSPS) is 16.1. The molecule has 2 aromatic rings. The number of hydrogen-bond acceptors (Lipinski definition) is 4. The first-order chi connectivity index (χ1) is 15.6. The van der Waals surface area contributed by atoms with Gasteiger partial charge in [-0.3, -0.25) is 4.79 Å². The number of β-amino-alcohol motifs (C(OH)–C–C–N with tert-alkyl or cyclic N) is 1. The summed E-state index contributed by atoms with van der Waals surface area (Å²) in [5, 5.41) is 10.8. The Kier molecular flexibility index (Phi) is 7.09. The first kappa shape index (κ1) is 26.1. The summed E-state index contributed by atoms with van der Waals surface area (Å²) >= 11 is 11.6. The summed E-state index contributed by atoms with van der Waals surface area (Å²) in [6.07, 6.45) is -4.90. The van der Waals surface area contributed by atoms with Crippen molar-refractivity contribution in [2.24, 2.45) is 0 Å².